The first-order valence-corrected chi connectivity index (χ1v) is 13.8. The number of para-hydroxylation sites is 1. The van der Waals surface area contributed by atoms with Crippen LogP contribution in [0.2, 0.25) is 0 Å². The van der Waals surface area contributed by atoms with Gasteiger partial charge in [-0.3, -0.25) is 4.72 Å². The average molecular weight is 472 g/mol. The minimum Gasteiger partial charge on any atom is -0.355 e. The van der Waals surface area contributed by atoms with Gasteiger partial charge in [0.1, 0.15) is 0 Å². The van der Waals surface area contributed by atoms with Gasteiger partial charge in [0.15, 0.2) is 0 Å². The summed E-state index contributed by atoms with van der Waals surface area (Å²) in [6.45, 7) is 4.01. The molecule has 4 nitrogen and oxygen atoms in total. The molecule has 3 aromatic rings. The first-order chi connectivity index (χ1) is 16.4. The van der Waals surface area contributed by atoms with Crippen molar-refractivity contribution < 1.29 is 8.42 Å². The Bertz CT molecular complexity index is 1260. The molecule has 0 atom stereocenters. The molecule has 34 heavy (non-hydrogen) atoms. The number of anilines is 3. The molecule has 175 valence electrons. The second-order valence-electron chi connectivity index (χ2n) is 10.7. The summed E-state index contributed by atoms with van der Waals surface area (Å²) in [5, 5.41) is 3.28. The zero-order valence-corrected chi connectivity index (χ0v) is 20.2. The number of benzene rings is 3. The fraction of sp³-hybridized carbons (Fsp3) is 0.345. The van der Waals surface area contributed by atoms with Gasteiger partial charge in [0.2, 0.25) is 0 Å². The van der Waals surface area contributed by atoms with E-state index in [-0.39, 0.29) is 4.90 Å². The van der Waals surface area contributed by atoms with Crippen molar-refractivity contribution in [3.05, 3.63) is 90.8 Å². The third-order valence-corrected chi connectivity index (χ3v) is 9.65. The van der Waals surface area contributed by atoms with Crippen molar-refractivity contribution in [3.63, 3.8) is 0 Å². The van der Waals surface area contributed by atoms with Gasteiger partial charge < -0.3 is 5.32 Å². The topological polar surface area (TPSA) is 58.2 Å². The molecule has 0 unspecified atom stereocenters. The molecule has 2 N–H and O–H groups in total. The lowest BCUT2D eigenvalue weighted by atomic mass is 9.48. The van der Waals surface area contributed by atoms with Crippen LogP contribution in [0, 0.1) is 24.7 Å². The summed E-state index contributed by atoms with van der Waals surface area (Å²) in [5.74, 6) is 2.68. The maximum atomic E-state index is 13.0. The maximum Gasteiger partial charge on any atom is 0.261 e. The molecule has 3 aromatic carbocycles. The quantitative estimate of drug-likeness (QED) is 0.412. The molecule has 0 heterocycles. The Morgan fingerprint density at radius 3 is 1.88 bits per heavy atom. The number of sulfonamides is 1. The second kappa shape index (κ2) is 8.16. The van der Waals surface area contributed by atoms with E-state index in [1.807, 2.05) is 36.4 Å². The summed E-state index contributed by atoms with van der Waals surface area (Å²) in [6, 6.07) is 22.7. The molecule has 7 rings (SSSR count). The van der Waals surface area contributed by atoms with Crippen LogP contribution in [-0.2, 0) is 15.4 Å². The molecule has 0 aliphatic heterocycles. The van der Waals surface area contributed by atoms with Crippen LogP contribution >= 0.6 is 0 Å². The Morgan fingerprint density at radius 1 is 0.735 bits per heavy atom. The SMILES string of the molecule is [CH2]c1ccccc1Nc1ccc(S(=O)(=O)Nc2ccc(C34CC5CC(CC(C5)C3)C4)cc2)cc1. The highest BCUT2D eigenvalue weighted by molar-refractivity contribution is 7.92. The van der Waals surface area contributed by atoms with Gasteiger partial charge >= 0.3 is 0 Å². The molecular weight excluding hydrogens is 440 g/mol. The van der Waals surface area contributed by atoms with Gasteiger partial charge in [0.05, 0.1) is 4.90 Å². The molecule has 0 amide bonds. The molecule has 4 bridgehead atoms. The van der Waals surface area contributed by atoms with E-state index >= 15 is 0 Å². The lowest BCUT2D eigenvalue weighted by Gasteiger charge is -2.57. The maximum absolute atomic E-state index is 13.0. The predicted octanol–water partition coefficient (Wildman–Crippen LogP) is 6.88. The highest BCUT2D eigenvalue weighted by Gasteiger charge is 2.51. The molecule has 0 aromatic heterocycles. The van der Waals surface area contributed by atoms with Crippen molar-refractivity contribution in [2.24, 2.45) is 17.8 Å². The zero-order valence-electron chi connectivity index (χ0n) is 19.3. The van der Waals surface area contributed by atoms with Crippen LogP contribution in [0.3, 0.4) is 0 Å². The van der Waals surface area contributed by atoms with Gasteiger partial charge in [0, 0.05) is 17.1 Å². The fourth-order valence-corrected chi connectivity index (χ4v) is 8.14. The highest BCUT2D eigenvalue weighted by atomic mass is 32.2. The van der Waals surface area contributed by atoms with E-state index in [1.54, 1.807) is 24.3 Å². The lowest BCUT2D eigenvalue weighted by molar-refractivity contribution is -0.00518. The summed E-state index contributed by atoms with van der Waals surface area (Å²) < 4.78 is 28.7. The van der Waals surface area contributed by atoms with Crippen LogP contribution in [0.25, 0.3) is 0 Å². The Hall–Kier alpha value is -2.79. The molecule has 4 aliphatic carbocycles. The van der Waals surface area contributed by atoms with Gasteiger partial charge in [-0.25, -0.2) is 8.42 Å². The van der Waals surface area contributed by atoms with E-state index in [1.165, 1.54) is 44.1 Å². The Morgan fingerprint density at radius 2 is 1.29 bits per heavy atom. The van der Waals surface area contributed by atoms with Crippen molar-refractivity contribution in [2.75, 3.05) is 10.0 Å². The fourth-order valence-electron chi connectivity index (χ4n) is 7.09. The zero-order chi connectivity index (χ0) is 23.3. The molecule has 4 aliphatic rings. The lowest BCUT2D eigenvalue weighted by Crippen LogP contribution is -2.48. The first-order valence-electron chi connectivity index (χ1n) is 12.3. The minimum atomic E-state index is -3.66. The third-order valence-electron chi connectivity index (χ3n) is 8.25. The summed E-state index contributed by atoms with van der Waals surface area (Å²) >= 11 is 0. The van der Waals surface area contributed by atoms with Crippen molar-refractivity contribution in [2.45, 2.75) is 48.8 Å². The number of nitrogens with one attached hydrogen (secondary N) is 2. The summed E-state index contributed by atoms with van der Waals surface area (Å²) in [6.07, 6.45) is 8.20. The Kier molecular flexibility index (Phi) is 5.21. The Balaban J connectivity index is 1.16. The van der Waals surface area contributed by atoms with Crippen LogP contribution in [-0.4, -0.2) is 8.42 Å². The number of hydrogen-bond acceptors (Lipinski definition) is 3. The van der Waals surface area contributed by atoms with Crippen molar-refractivity contribution in [1.82, 2.24) is 0 Å². The summed E-state index contributed by atoms with van der Waals surface area (Å²) in [4.78, 5) is 0.242. The van der Waals surface area contributed by atoms with Gasteiger partial charge in [-0.2, -0.15) is 0 Å². The van der Waals surface area contributed by atoms with Gasteiger partial charge in [-0.1, -0.05) is 30.3 Å². The van der Waals surface area contributed by atoms with E-state index < -0.39 is 10.0 Å². The average Bonchev–Trinajstić information content (AvgIpc) is 2.80. The van der Waals surface area contributed by atoms with Crippen LogP contribution in [0.4, 0.5) is 17.1 Å². The Labute approximate surface area is 202 Å². The van der Waals surface area contributed by atoms with Crippen molar-refractivity contribution >= 4 is 27.1 Å². The van der Waals surface area contributed by atoms with Crippen LogP contribution in [0.5, 0.6) is 0 Å². The summed E-state index contributed by atoms with van der Waals surface area (Å²) in [7, 11) is -3.66. The monoisotopic (exact) mass is 471 g/mol. The normalized spacial score (nSPS) is 27.5. The van der Waals surface area contributed by atoms with E-state index in [2.05, 4.69) is 29.1 Å². The standard InChI is InChI=1S/C29H31N2O2S/c1-20-4-2-3-5-28(20)30-25-10-12-27(13-11-25)34(32,33)31-26-8-6-24(7-9-26)29-17-21-14-22(18-29)16-23(15-21)19-29/h2-13,21-23,30-31H,1,14-19H2. The molecule has 4 saturated carbocycles. The van der Waals surface area contributed by atoms with E-state index in [0.29, 0.717) is 11.1 Å². The molecular formula is C29H31N2O2S. The predicted molar refractivity (Wildman–Crippen MR) is 138 cm³/mol. The van der Waals surface area contributed by atoms with Gasteiger partial charge in [0.25, 0.3) is 10.0 Å². The van der Waals surface area contributed by atoms with E-state index in [0.717, 1.165) is 34.7 Å². The van der Waals surface area contributed by atoms with Gasteiger partial charge in [-0.05, 0) is 122 Å². The van der Waals surface area contributed by atoms with Crippen LogP contribution < -0.4 is 10.0 Å². The second-order valence-corrected chi connectivity index (χ2v) is 12.4. The molecule has 0 spiro atoms. The summed E-state index contributed by atoms with van der Waals surface area (Å²) in [5.41, 5.74) is 4.93. The van der Waals surface area contributed by atoms with E-state index in [4.69, 9.17) is 0 Å². The van der Waals surface area contributed by atoms with Crippen LogP contribution in [0.15, 0.2) is 77.7 Å². The van der Waals surface area contributed by atoms with Crippen LogP contribution in [0.1, 0.15) is 49.7 Å². The first kappa shape index (κ1) is 21.7. The molecule has 1 radical (unpaired) electrons. The van der Waals surface area contributed by atoms with Gasteiger partial charge in [-0.15, -0.1) is 0 Å². The minimum absolute atomic E-state index is 0.242. The smallest absolute Gasteiger partial charge is 0.261 e. The molecule has 5 heteroatoms. The van der Waals surface area contributed by atoms with Crippen molar-refractivity contribution in [3.8, 4) is 0 Å². The third kappa shape index (κ3) is 4.00. The largest absolute Gasteiger partial charge is 0.355 e. The molecule has 0 saturated heterocycles. The molecule has 4 fully saturated rings. The van der Waals surface area contributed by atoms with Crippen molar-refractivity contribution in [1.29, 1.82) is 0 Å². The number of hydrogen-bond donors (Lipinski definition) is 2. The highest BCUT2D eigenvalue weighted by Crippen LogP contribution is 2.60. The van der Waals surface area contributed by atoms with E-state index in [9.17, 15) is 8.42 Å². The number of rotatable bonds is 6.